The topological polar surface area (TPSA) is 81.3 Å². The molecule has 21 heavy (non-hydrogen) atoms. The van der Waals surface area contributed by atoms with Crippen LogP contribution in [0.1, 0.15) is 18.7 Å². The first-order valence-corrected chi connectivity index (χ1v) is 6.94. The van der Waals surface area contributed by atoms with E-state index in [0.29, 0.717) is 24.9 Å². The molecule has 2 heterocycles. The summed E-state index contributed by atoms with van der Waals surface area (Å²) in [6.45, 7) is 1.46. The smallest absolute Gasteiger partial charge is 0.271 e. The number of nitro benzene ring substituents is 1. The Morgan fingerprint density at radius 3 is 2.90 bits per heavy atom. The number of nitro groups is 1. The molecule has 1 aliphatic rings. The van der Waals surface area contributed by atoms with Crippen molar-refractivity contribution in [2.24, 2.45) is 7.05 Å². The molecule has 1 aromatic carbocycles. The number of benzene rings is 1. The highest BCUT2D eigenvalue weighted by molar-refractivity contribution is 5.79. The van der Waals surface area contributed by atoms with Crippen LogP contribution in [0.25, 0.3) is 11.0 Å². The molecule has 7 heteroatoms. The van der Waals surface area contributed by atoms with E-state index in [1.807, 2.05) is 16.5 Å². The highest BCUT2D eigenvalue weighted by Gasteiger charge is 2.20. The molecule has 7 nitrogen and oxygen atoms in total. The van der Waals surface area contributed by atoms with Crippen LogP contribution in [0.5, 0.6) is 0 Å². The Morgan fingerprint density at radius 2 is 2.24 bits per heavy atom. The van der Waals surface area contributed by atoms with Crippen molar-refractivity contribution in [3.05, 3.63) is 34.1 Å². The monoisotopic (exact) mass is 288 g/mol. The molecule has 0 spiro atoms. The molecule has 0 unspecified atom stereocenters. The first-order chi connectivity index (χ1) is 10.1. The SMILES string of the molecule is Cn1c(CCN2CCCC2=O)nc2cc([N+](=O)[O-])ccc21. The number of aromatic nitrogens is 2. The minimum atomic E-state index is -0.420. The van der Waals surface area contributed by atoms with Gasteiger partial charge in [-0.05, 0) is 12.5 Å². The second-order valence-corrected chi connectivity index (χ2v) is 5.25. The number of non-ortho nitro benzene ring substituents is 1. The molecular weight excluding hydrogens is 272 g/mol. The van der Waals surface area contributed by atoms with Crippen LogP contribution in [0.2, 0.25) is 0 Å². The lowest BCUT2D eigenvalue weighted by molar-refractivity contribution is -0.384. The maximum absolute atomic E-state index is 11.6. The molecule has 110 valence electrons. The van der Waals surface area contributed by atoms with E-state index in [-0.39, 0.29) is 11.6 Å². The van der Waals surface area contributed by atoms with Gasteiger partial charge < -0.3 is 9.47 Å². The predicted molar refractivity (Wildman–Crippen MR) is 76.9 cm³/mol. The fourth-order valence-corrected chi connectivity index (χ4v) is 2.75. The van der Waals surface area contributed by atoms with Crippen molar-refractivity contribution in [3.8, 4) is 0 Å². The quantitative estimate of drug-likeness (QED) is 0.632. The van der Waals surface area contributed by atoms with Crippen LogP contribution in [0.4, 0.5) is 5.69 Å². The Bertz CT molecular complexity index is 722. The van der Waals surface area contributed by atoms with E-state index in [1.165, 1.54) is 12.1 Å². The summed E-state index contributed by atoms with van der Waals surface area (Å²) in [4.78, 5) is 28.3. The molecule has 1 fully saturated rings. The van der Waals surface area contributed by atoms with Crippen LogP contribution in [0.15, 0.2) is 18.2 Å². The maximum atomic E-state index is 11.6. The number of carbonyl (C=O) groups excluding carboxylic acids is 1. The van der Waals surface area contributed by atoms with Crippen LogP contribution >= 0.6 is 0 Å². The third-order valence-corrected chi connectivity index (χ3v) is 3.94. The summed E-state index contributed by atoms with van der Waals surface area (Å²) < 4.78 is 1.93. The molecule has 0 N–H and O–H groups in total. The van der Waals surface area contributed by atoms with Crippen molar-refractivity contribution >= 4 is 22.6 Å². The van der Waals surface area contributed by atoms with Gasteiger partial charge in [-0.3, -0.25) is 14.9 Å². The summed E-state index contributed by atoms with van der Waals surface area (Å²) in [7, 11) is 1.89. The standard InChI is InChI=1S/C14H16N4O3/c1-16-12-5-4-10(18(20)21)9-11(12)15-13(16)6-8-17-7-2-3-14(17)19/h4-5,9H,2-3,6-8H2,1H3. The first-order valence-electron chi connectivity index (χ1n) is 6.94. The van der Waals surface area contributed by atoms with Gasteiger partial charge in [0.15, 0.2) is 0 Å². The van der Waals surface area contributed by atoms with Crippen LogP contribution < -0.4 is 0 Å². The van der Waals surface area contributed by atoms with Gasteiger partial charge in [0.2, 0.25) is 5.91 Å². The lowest BCUT2D eigenvalue weighted by Crippen LogP contribution is -2.27. The molecule has 1 aromatic heterocycles. The number of rotatable bonds is 4. The third kappa shape index (κ3) is 2.46. The highest BCUT2D eigenvalue weighted by Crippen LogP contribution is 2.21. The third-order valence-electron chi connectivity index (χ3n) is 3.94. The van der Waals surface area contributed by atoms with Gasteiger partial charge in [0.05, 0.1) is 16.0 Å². The van der Waals surface area contributed by atoms with Crippen molar-refractivity contribution in [2.75, 3.05) is 13.1 Å². The number of imidazole rings is 1. The van der Waals surface area contributed by atoms with E-state index in [9.17, 15) is 14.9 Å². The lowest BCUT2D eigenvalue weighted by atomic mass is 10.3. The second-order valence-electron chi connectivity index (χ2n) is 5.25. The van der Waals surface area contributed by atoms with Gasteiger partial charge in [-0.25, -0.2) is 4.98 Å². The van der Waals surface area contributed by atoms with Gasteiger partial charge in [0.1, 0.15) is 5.82 Å². The average Bonchev–Trinajstić information content (AvgIpc) is 3.00. The van der Waals surface area contributed by atoms with E-state index in [1.54, 1.807) is 6.07 Å². The first kappa shape index (κ1) is 13.5. The molecular formula is C14H16N4O3. The number of likely N-dealkylation sites (tertiary alicyclic amines) is 1. The Balaban J connectivity index is 1.83. The van der Waals surface area contributed by atoms with Crippen LogP contribution in [0, 0.1) is 10.1 Å². The van der Waals surface area contributed by atoms with Crippen LogP contribution in [-0.4, -0.2) is 38.4 Å². The fourth-order valence-electron chi connectivity index (χ4n) is 2.75. The summed E-state index contributed by atoms with van der Waals surface area (Å²) in [5.74, 6) is 1.04. The van der Waals surface area contributed by atoms with E-state index < -0.39 is 4.92 Å². The van der Waals surface area contributed by atoms with Gasteiger partial charge >= 0.3 is 0 Å². The number of fused-ring (bicyclic) bond motifs is 1. The van der Waals surface area contributed by atoms with E-state index in [0.717, 1.165) is 24.3 Å². The van der Waals surface area contributed by atoms with Crippen LogP contribution in [-0.2, 0) is 18.3 Å². The highest BCUT2D eigenvalue weighted by atomic mass is 16.6. The number of aryl methyl sites for hydroxylation is 1. The summed E-state index contributed by atoms with van der Waals surface area (Å²) in [6.07, 6.45) is 2.22. The zero-order valence-electron chi connectivity index (χ0n) is 11.8. The van der Waals surface area contributed by atoms with E-state index >= 15 is 0 Å². The molecule has 0 saturated carbocycles. The number of carbonyl (C=O) groups is 1. The molecule has 0 aliphatic carbocycles. The molecule has 0 radical (unpaired) electrons. The summed E-state index contributed by atoms with van der Waals surface area (Å²) in [5, 5.41) is 10.8. The van der Waals surface area contributed by atoms with Crippen molar-refractivity contribution in [1.29, 1.82) is 0 Å². The number of hydrogen-bond donors (Lipinski definition) is 0. The Morgan fingerprint density at radius 1 is 1.43 bits per heavy atom. The second kappa shape index (κ2) is 5.16. The van der Waals surface area contributed by atoms with Gasteiger partial charge in [0, 0.05) is 45.1 Å². The van der Waals surface area contributed by atoms with Gasteiger partial charge in [-0.1, -0.05) is 0 Å². The van der Waals surface area contributed by atoms with E-state index in [2.05, 4.69) is 4.98 Å². The molecule has 1 aliphatic heterocycles. The van der Waals surface area contributed by atoms with Crippen molar-refractivity contribution < 1.29 is 9.72 Å². The molecule has 2 aromatic rings. The predicted octanol–water partition coefficient (Wildman–Crippen LogP) is 1.65. The Labute approximate surface area is 121 Å². The molecule has 0 bridgehead atoms. The normalized spacial score (nSPS) is 15.1. The van der Waals surface area contributed by atoms with E-state index in [4.69, 9.17) is 0 Å². The number of nitrogens with zero attached hydrogens (tertiary/aromatic N) is 4. The Hall–Kier alpha value is -2.44. The van der Waals surface area contributed by atoms with Crippen LogP contribution in [0.3, 0.4) is 0 Å². The molecule has 1 amide bonds. The van der Waals surface area contributed by atoms with Crippen molar-refractivity contribution in [1.82, 2.24) is 14.5 Å². The molecule has 1 saturated heterocycles. The zero-order chi connectivity index (χ0) is 15.0. The van der Waals surface area contributed by atoms with Gasteiger partial charge in [-0.15, -0.1) is 0 Å². The number of amides is 1. The Kier molecular flexibility index (Phi) is 3.32. The lowest BCUT2D eigenvalue weighted by Gasteiger charge is -2.14. The van der Waals surface area contributed by atoms with Gasteiger partial charge in [-0.2, -0.15) is 0 Å². The summed E-state index contributed by atoms with van der Waals surface area (Å²) >= 11 is 0. The minimum Gasteiger partial charge on any atom is -0.342 e. The average molecular weight is 288 g/mol. The summed E-state index contributed by atoms with van der Waals surface area (Å²) in [6, 6.07) is 4.68. The summed E-state index contributed by atoms with van der Waals surface area (Å²) in [5.41, 5.74) is 1.53. The maximum Gasteiger partial charge on any atom is 0.271 e. The fraction of sp³-hybridized carbons (Fsp3) is 0.429. The van der Waals surface area contributed by atoms with Gasteiger partial charge in [0.25, 0.3) is 5.69 Å². The minimum absolute atomic E-state index is 0.0434. The zero-order valence-corrected chi connectivity index (χ0v) is 11.8. The largest absolute Gasteiger partial charge is 0.342 e. The van der Waals surface area contributed by atoms with Crippen molar-refractivity contribution in [2.45, 2.75) is 19.3 Å². The molecule has 3 rings (SSSR count). The van der Waals surface area contributed by atoms with Crippen molar-refractivity contribution in [3.63, 3.8) is 0 Å². The number of hydrogen-bond acceptors (Lipinski definition) is 4. The molecule has 0 atom stereocenters.